The van der Waals surface area contributed by atoms with Crippen LogP contribution in [0.5, 0.6) is 5.75 Å². The zero-order valence-corrected chi connectivity index (χ0v) is 14.0. The van der Waals surface area contributed by atoms with Crippen LogP contribution in [-0.4, -0.2) is 19.5 Å². The number of hydrogen-bond donors (Lipinski definition) is 0. The fourth-order valence-corrected chi connectivity index (χ4v) is 4.11. The summed E-state index contributed by atoms with van der Waals surface area (Å²) in [7, 11) is 0. The van der Waals surface area contributed by atoms with Gasteiger partial charge in [-0.05, 0) is 60.7 Å². The number of hydrogen-bond acceptors (Lipinski definition) is 3. The van der Waals surface area contributed by atoms with E-state index in [1.165, 1.54) is 17.7 Å². The molecule has 0 radical (unpaired) electrons. The lowest BCUT2D eigenvalue weighted by Crippen LogP contribution is -2.61. The molecule has 0 bridgehead atoms. The molecule has 0 aromatic heterocycles. The molecule has 6 heteroatoms. The first-order chi connectivity index (χ1) is 12.4. The second-order valence-corrected chi connectivity index (χ2v) is 7.24. The van der Waals surface area contributed by atoms with Crippen LogP contribution in [0.2, 0.25) is 0 Å². The Hall–Kier alpha value is -2.68. The molecule has 1 saturated heterocycles. The minimum Gasteiger partial charge on any atom is -0.406 e. The van der Waals surface area contributed by atoms with E-state index in [0.29, 0.717) is 16.9 Å². The average molecular weight is 358 g/mol. The first-order valence-electron chi connectivity index (χ1n) is 8.47. The predicted octanol–water partition coefficient (Wildman–Crippen LogP) is 4.84. The van der Waals surface area contributed by atoms with Crippen molar-refractivity contribution < 1.29 is 17.9 Å². The van der Waals surface area contributed by atoms with Gasteiger partial charge < -0.3 is 9.64 Å². The molecule has 1 aliphatic heterocycles. The molecule has 0 N–H and O–H groups in total. The number of alkyl halides is 3. The summed E-state index contributed by atoms with van der Waals surface area (Å²) in [6.45, 7) is 1.86. The van der Waals surface area contributed by atoms with Gasteiger partial charge in [-0.2, -0.15) is 5.26 Å². The van der Waals surface area contributed by atoms with Crippen LogP contribution >= 0.6 is 0 Å². The quantitative estimate of drug-likeness (QED) is 0.788. The molecular formula is C20H17F3N2O. The SMILES string of the molecule is N#Cc1ccc(C2CC3(C2)CN(c2ccc(OC(F)(F)F)cc2)C3)cc1. The van der Waals surface area contributed by atoms with Crippen LogP contribution in [-0.2, 0) is 0 Å². The maximum Gasteiger partial charge on any atom is 0.573 e. The molecule has 4 rings (SSSR count). The minimum atomic E-state index is -4.66. The molecule has 134 valence electrons. The summed E-state index contributed by atoms with van der Waals surface area (Å²) in [6.07, 6.45) is -2.43. The van der Waals surface area contributed by atoms with Crippen LogP contribution in [0.4, 0.5) is 18.9 Å². The van der Waals surface area contributed by atoms with Crippen molar-refractivity contribution in [3.8, 4) is 11.8 Å². The fraction of sp³-hybridized carbons (Fsp3) is 0.350. The molecule has 1 aliphatic carbocycles. The summed E-state index contributed by atoms with van der Waals surface area (Å²) in [5.74, 6) is 0.341. The Morgan fingerprint density at radius 1 is 1.00 bits per heavy atom. The molecular weight excluding hydrogens is 341 g/mol. The Balaban J connectivity index is 1.31. The molecule has 0 amide bonds. The highest BCUT2D eigenvalue weighted by Crippen LogP contribution is 2.56. The van der Waals surface area contributed by atoms with Gasteiger partial charge in [-0.25, -0.2) is 0 Å². The normalized spacial score (nSPS) is 18.8. The van der Waals surface area contributed by atoms with Crippen molar-refractivity contribution in [3.63, 3.8) is 0 Å². The van der Waals surface area contributed by atoms with Gasteiger partial charge in [0, 0.05) is 24.2 Å². The Morgan fingerprint density at radius 3 is 2.15 bits per heavy atom. The molecule has 1 heterocycles. The first-order valence-corrected chi connectivity index (χ1v) is 8.47. The van der Waals surface area contributed by atoms with Gasteiger partial charge in [0.15, 0.2) is 0 Å². The topological polar surface area (TPSA) is 36.3 Å². The fourth-order valence-electron chi connectivity index (χ4n) is 4.11. The van der Waals surface area contributed by atoms with Crippen molar-refractivity contribution in [2.45, 2.75) is 25.1 Å². The summed E-state index contributed by atoms with van der Waals surface area (Å²) in [4.78, 5) is 2.19. The summed E-state index contributed by atoms with van der Waals surface area (Å²) >= 11 is 0. The van der Waals surface area contributed by atoms with Gasteiger partial charge in [-0.15, -0.1) is 13.2 Å². The van der Waals surface area contributed by atoms with Crippen molar-refractivity contribution >= 4 is 5.69 Å². The van der Waals surface area contributed by atoms with E-state index in [2.05, 4.69) is 15.7 Å². The maximum absolute atomic E-state index is 12.2. The summed E-state index contributed by atoms with van der Waals surface area (Å²) in [5.41, 5.74) is 3.20. The van der Waals surface area contributed by atoms with E-state index >= 15 is 0 Å². The number of nitriles is 1. The van der Waals surface area contributed by atoms with E-state index < -0.39 is 6.36 Å². The number of rotatable bonds is 3. The largest absolute Gasteiger partial charge is 0.573 e. The van der Waals surface area contributed by atoms with E-state index in [9.17, 15) is 13.2 Å². The highest BCUT2D eigenvalue weighted by atomic mass is 19.4. The Morgan fingerprint density at radius 2 is 1.62 bits per heavy atom. The third kappa shape index (κ3) is 3.22. The van der Waals surface area contributed by atoms with Gasteiger partial charge in [-0.1, -0.05) is 12.1 Å². The van der Waals surface area contributed by atoms with Gasteiger partial charge in [0.2, 0.25) is 0 Å². The van der Waals surface area contributed by atoms with Crippen LogP contribution in [0, 0.1) is 16.7 Å². The van der Waals surface area contributed by atoms with Crippen molar-refractivity contribution in [2.75, 3.05) is 18.0 Å². The molecule has 0 atom stereocenters. The Bertz CT molecular complexity index is 823. The molecule has 2 aromatic carbocycles. The van der Waals surface area contributed by atoms with Gasteiger partial charge in [-0.3, -0.25) is 0 Å². The van der Waals surface area contributed by atoms with Gasteiger partial charge in [0.05, 0.1) is 11.6 Å². The lowest BCUT2D eigenvalue weighted by molar-refractivity contribution is -0.274. The predicted molar refractivity (Wildman–Crippen MR) is 90.9 cm³/mol. The second-order valence-electron chi connectivity index (χ2n) is 7.24. The van der Waals surface area contributed by atoms with Crippen molar-refractivity contribution in [3.05, 3.63) is 59.7 Å². The molecule has 2 fully saturated rings. The molecule has 1 saturated carbocycles. The maximum atomic E-state index is 12.2. The minimum absolute atomic E-state index is 0.194. The highest BCUT2D eigenvalue weighted by Gasteiger charge is 2.52. The number of halogens is 3. The van der Waals surface area contributed by atoms with Gasteiger partial charge in [0.1, 0.15) is 5.75 Å². The van der Waals surface area contributed by atoms with Crippen molar-refractivity contribution in [2.24, 2.45) is 5.41 Å². The number of ether oxygens (including phenoxy) is 1. The standard InChI is InChI=1S/C20H17F3N2O/c21-20(22,23)26-18-7-5-17(6-8-18)25-12-19(13-25)9-16(10-19)15-3-1-14(11-24)2-4-15/h1-8,16H,9-10,12-13H2. The van der Waals surface area contributed by atoms with Crippen LogP contribution in [0.25, 0.3) is 0 Å². The number of anilines is 1. The number of benzene rings is 2. The van der Waals surface area contributed by atoms with Crippen molar-refractivity contribution in [1.82, 2.24) is 0 Å². The molecule has 0 unspecified atom stereocenters. The molecule has 1 spiro atoms. The lowest BCUT2D eigenvalue weighted by Gasteiger charge is -2.60. The van der Waals surface area contributed by atoms with Crippen LogP contribution in [0.3, 0.4) is 0 Å². The van der Waals surface area contributed by atoms with Crippen LogP contribution < -0.4 is 9.64 Å². The molecule has 2 aliphatic rings. The van der Waals surface area contributed by atoms with E-state index in [4.69, 9.17) is 5.26 Å². The van der Waals surface area contributed by atoms with Gasteiger partial charge >= 0.3 is 6.36 Å². The van der Waals surface area contributed by atoms with Crippen LogP contribution in [0.15, 0.2) is 48.5 Å². The third-order valence-electron chi connectivity index (χ3n) is 5.36. The molecule has 26 heavy (non-hydrogen) atoms. The second kappa shape index (κ2) is 5.94. The Labute approximate surface area is 149 Å². The van der Waals surface area contributed by atoms with Crippen LogP contribution in [0.1, 0.15) is 29.9 Å². The monoisotopic (exact) mass is 358 g/mol. The van der Waals surface area contributed by atoms with E-state index in [0.717, 1.165) is 31.6 Å². The zero-order chi connectivity index (χ0) is 18.4. The first kappa shape index (κ1) is 16.8. The van der Waals surface area contributed by atoms with E-state index in [1.54, 1.807) is 12.1 Å². The average Bonchev–Trinajstić information content (AvgIpc) is 2.53. The smallest absolute Gasteiger partial charge is 0.406 e. The van der Waals surface area contributed by atoms with E-state index in [-0.39, 0.29) is 5.75 Å². The Kier molecular flexibility index (Phi) is 3.83. The summed E-state index contributed by atoms with van der Waals surface area (Å²) in [6, 6.07) is 16.0. The molecule has 2 aromatic rings. The van der Waals surface area contributed by atoms with E-state index in [1.807, 2.05) is 24.3 Å². The van der Waals surface area contributed by atoms with Gasteiger partial charge in [0.25, 0.3) is 0 Å². The molecule has 3 nitrogen and oxygen atoms in total. The van der Waals surface area contributed by atoms with Crippen molar-refractivity contribution in [1.29, 1.82) is 5.26 Å². The third-order valence-corrected chi connectivity index (χ3v) is 5.36. The highest BCUT2D eigenvalue weighted by molar-refractivity contribution is 5.53. The number of nitrogens with zero attached hydrogens (tertiary/aromatic N) is 2. The summed E-state index contributed by atoms with van der Waals surface area (Å²) in [5, 5.41) is 8.86. The summed E-state index contributed by atoms with van der Waals surface area (Å²) < 4.78 is 40.5. The lowest BCUT2D eigenvalue weighted by atomic mass is 9.56. The zero-order valence-electron chi connectivity index (χ0n) is 14.0.